The highest BCUT2D eigenvalue weighted by molar-refractivity contribution is 7.13. The van der Waals surface area contributed by atoms with E-state index in [2.05, 4.69) is 18.8 Å². The molecule has 3 aliphatic heterocycles. The number of aromatic nitrogens is 1. The van der Waals surface area contributed by atoms with Crippen molar-refractivity contribution in [2.45, 2.75) is 57.7 Å². The van der Waals surface area contributed by atoms with E-state index in [4.69, 9.17) is 4.74 Å². The van der Waals surface area contributed by atoms with E-state index in [0.29, 0.717) is 36.8 Å². The van der Waals surface area contributed by atoms with Crippen LogP contribution in [0.1, 0.15) is 59.4 Å². The standard InChI is InChI=1S/C17H23N3O3S/c1-10(2)15-18-11(3)14(24-15)16(22)19-7-5-17-12(19)9-13(21)20(17)6-4-8-23-17/h10,12H,4-9H2,1-3H3/t12-,17+/m1/s1. The predicted molar refractivity (Wildman–Crippen MR) is 90.0 cm³/mol. The summed E-state index contributed by atoms with van der Waals surface area (Å²) in [4.78, 5) is 34.5. The molecule has 4 heterocycles. The molecule has 24 heavy (non-hydrogen) atoms. The molecule has 0 N–H and O–H groups in total. The zero-order chi connectivity index (χ0) is 17.1. The Morgan fingerprint density at radius 1 is 1.42 bits per heavy atom. The summed E-state index contributed by atoms with van der Waals surface area (Å²) in [7, 11) is 0. The minimum absolute atomic E-state index is 0.00241. The molecule has 130 valence electrons. The Hall–Kier alpha value is -1.47. The summed E-state index contributed by atoms with van der Waals surface area (Å²) in [6, 6.07) is -0.165. The van der Waals surface area contributed by atoms with Crippen LogP contribution in [0.4, 0.5) is 0 Å². The number of nitrogens with zero attached hydrogens (tertiary/aromatic N) is 3. The Bertz CT molecular complexity index is 701. The lowest BCUT2D eigenvalue weighted by atomic mass is 10.0. The van der Waals surface area contributed by atoms with Gasteiger partial charge in [0.15, 0.2) is 5.72 Å². The molecule has 1 aromatic rings. The van der Waals surface area contributed by atoms with Gasteiger partial charge in [-0.2, -0.15) is 0 Å². The Kier molecular flexibility index (Phi) is 3.69. The van der Waals surface area contributed by atoms with E-state index < -0.39 is 5.72 Å². The number of rotatable bonds is 2. The summed E-state index contributed by atoms with van der Waals surface area (Å²) in [5, 5.41) is 0.989. The van der Waals surface area contributed by atoms with Crippen molar-refractivity contribution in [3.63, 3.8) is 0 Å². The topological polar surface area (TPSA) is 62.7 Å². The van der Waals surface area contributed by atoms with Gasteiger partial charge in [-0.1, -0.05) is 13.8 Å². The second kappa shape index (κ2) is 5.52. The van der Waals surface area contributed by atoms with Gasteiger partial charge in [0.1, 0.15) is 4.88 Å². The molecule has 4 rings (SSSR count). The number of hydrogen-bond donors (Lipinski definition) is 0. The average molecular weight is 349 g/mol. The number of ether oxygens (including phenoxy) is 1. The number of aryl methyl sites for hydroxylation is 1. The van der Waals surface area contributed by atoms with Gasteiger partial charge in [-0.3, -0.25) is 9.59 Å². The predicted octanol–water partition coefficient (Wildman–Crippen LogP) is 2.14. The van der Waals surface area contributed by atoms with Crippen LogP contribution in [0.3, 0.4) is 0 Å². The molecule has 7 heteroatoms. The largest absolute Gasteiger partial charge is 0.353 e. The summed E-state index contributed by atoms with van der Waals surface area (Å²) in [5.41, 5.74) is 0.213. The lowest BCUT2D eigenvalue weighted by Crippen LogP contribution is -2.56. The van der Waals surface area contributed by atoms with Crippen LogP contribution in [0.5, 0.6) is 0 Å². The summed E-state index contributed by atoms with van der Waals surface area (Å²) in [5.74, 6) is 0.425. The Morgan fingerprint density at radius 2 is 2.21 bits per heavy atom. The van der Waals surface area contributed by atoms with Crippen LogP contribution in [-0.2, 0) is 9.53 Å². The van der Waals surface area contributed by atoms with Crippen LogP contribution in [0.15, 0.2) is 0 Å². The van der Waals surface area contributed by atoms with Crippen LogP contribution in [-0.4, -0.2) is 58.1 Å². The van der Waals surface area contributed by atoms with E-state index >= 15 is 0 Å². The second-order valence-electron chi connectivity index (χ2n) is 7.18. The number of amides is 2. The molecule has 0 aromatic carbocycles. The van der Waals surface area contributed by atoms with Crippen molar-refractivity contribution >= 4 is 23.2 Å². The lowest BCUT2D eigenvalue weighted by Gasteiger charge is -2.42. The number of carbonyl (C=O) groups excluding carboxylic acids is 2. The third kappa shape index (κ3) is 2.14. The maximum absolute atomic E-state index is 13.1. The molecule has 2 amide bonds. The summed E-state index contributed by atoms with van der Waals surface area (Å²) in [6.07, 6.45) is 1.96. The van der Waals surface area contributed by atoms with Crippen LogP contribution in [0, 0.1) is 6.92 Å². The quantitative estimate of drug-likeness (QED) is 0.821. The van der Waals surface area contributed by atoms with Crippen molar-refractivity contribution in [1.29, 1.82) is 0 Å². The lowest BCUT2D eigenvalue weighted by molar-refractivity contribution is -0.179. The molecule has 0 bridgehead atoms. The van der Waals surface area contributed by atoms with E-state index in [1.165, 1.54) is 11.3 Å². The fourth-order valence-corrected chi connectivity index (χ4v) is 5.21. The molecule has 1 spiro atoms. The maximum Gasteiger partial charge on any atom is 0.266 e. The van der Waals surface area contributed by atoms with Crippen molar-refractivity contribution in [3.8, 4) is 0 Å². The van der Waals surface area contributed by atoms with Gasteiger partial charge in [0.2, 0.25) is 5.91 Å². The summed E-state index contributed by atoms with van der Waals surface area (Å²) < 4.78 is 6.07. The average Bonchev–Trinajstić information content (AvgIpc) is 3.17. The van der Waals surface area contributed by atoms with Gasteiger partial charge in [0.05, 0.1) is 29.8 Å². The van der Waals surface area contributed by atoms with Gasteiger partial charge >= 0.3 is 0 Å². The molecule has 3 saturated heterocycles. The van der Waals surface area contributed by atoms with E-state index in [-0.39, 0.29) is 17.9 Å². The number of hydrogen-bond acceptors (Lipinski definition) is 5. The van der Waals surface area contributed by atoms with Crippen molar-refractivity contribution < 1.29 is 14.3 Å². The SMILES string of the molecule is Cc1nc(C(C)C)sc1C(=O)N1CC[C@@]23OCCCN2C(=O)C[C@@H]13. The summed E-state index contributed by atoms with van der Waals surface area (Å²) >= 11 is 1.48. The minimum atomic E-state index is -0.579. The third-order valence-electron chi connectivity index (χ3n) is 5.37. The van der Waals surface area contributed by atoms with E-state index in [0.717, 1.165) is 23.7 Å². The van der Waals surface area contributed by atoms with Crippen molar-refractivity contribution in [3.05, 3.63) is 15.6 Å². The molecule has 1 aromatic heterocycles. The van der Waals surface area contributed by atoms with Gasteiger partial charge in [-0.25, -0.2) is 4.98 Å². The molecule has 0 unspecified atom stereocenters. The molecule has 3 aliphatic rings. The highest BCUT2D eigenvalue weighted by Gasteiger charge is 2.61. The molecule has 0 radical (unpaired) electrons. The monoisotopic (exact) mass is 349 g/mol. The first kappa shape index (κ1) is 16.0. The molecule has 2 atom stereocenters. The Balaban J connectivity index is 1.64. The first-order valence-electron chi connectivity index (χ1n) is 8.67. The molecular weight excluding hydrogens is 326 g/mol. The van der Waals surface area contributed by atoms with Crippen molar-refractivity contribution in [2.75, 3.05) is 19.7 Å². The first-order chi connectivity index (χ1) is 11.4. The third-order valence-corrected chi connectivity index (χ3v) is 6.82. The van der Waals surface area contributed by atoms with E-state index in [9.17, 15) is 9.59 Å². The van der Waals surface area contributed by atoms with E-state index in [1.54, 1.807) is 0 Å². The molecular formula is C17H23N3O3S. The highest BCUT2D eigenvalue weighted by Crippen LogP contribution is 2.45. The van der Waals surface area contributed by atoms with Gasteiger partial charge in [0.25, 0.3) is 5.91 Å². The number of carbonyl (C=O) groups is 2. The Labute approximate surface area is 145 Å². The molecule has 0 saturated carbocycles. The Morgan fingerprint density at radius 3 is 2.92 bits per heavy atom. The first-order valence-corrected chi connectivity index (χ1v) is 9.48. The van der Waals surface area contributed by atoms with Crippen LogP contribution >= 0.6 is 11.3 Å². The van der Waals surface area contributed by atoms with E-state index in [1.807, 2.05) is 16.7 Å². The fourth-order valence-electron chi connectivity index (χ4n) is 4.19. The normalized spacial score (nSPS) is 29.3. The van der Waals surface area contributed by atoms with Gasteiger partial charge in [-0.05, 0) is 13.3 Å². The van der Waals surface area contributed by atoms with Gasteiger partial charge in [-0.15, -0.1) is 11.3 Å². The summed E-state index contributed by atoms with van der Waals surface area (Å²) in [6.45, 7) is 8.11. The number of likely N-dealkylation sites (tertiary alicyclic amines) is 1. The van der Waals surface area contributed by atoms with Crippen molar-refractivity contribution in [1.82, 2.24) is 14.8 Å². The van der Waals surface area contributed by atoms with Crippen LogP contribution in [0.2, 0.25) is 0 Å². The number of thiazole rings is 1. The molecule has 3 fully saturated rings. The van der Waals surface area contributed by atoms with Crippen LogP contribution < -0.4 is 0 Å². The maximum atomic E-state index is 13.1. The van der Waals surface area contributed by atoms with Gasteiger partial charge in [0, 0.05) is 25.4 Å². The van der Waals surface area contributed by atoms with Gasteiger partial charge < -0.3 is 14.5 Å². The molecule has 6 nitrogen and oxygen atoms in total. The minimum Gasteiger partial charge on any atom is -0.353 e. The van der Waals surface area contributed by atoms with Crippen molar-refractivity contribution in [2.24, 2.45) is 0 Å². The molecule has 0 aliphatic carbocycles. The van der Waals surface area contributed by atoms with Crippen LogP contribution in [0.25, 0.3) is 0 Å². The zero-order valence-electron chi connectivity index (χ0n) is 14.4. The second-order valence-corrected chi connectivity index (χ2v) is 8.21. The highest BCUT2D eigenvalue weighted by atomic mass is 32.1. The smallest absolute Gasteiger partial charge is 0.266 e. The zero-order valence-corrected chi connectivity index (χ0v) is 15.2. The fraction of sp³-hybridized carbons (Fsp3) is 0.706.